The number of aliphatic hydroxyl groups is 1. The molecule has 0 bridgehead atoms. The van der Waals surface area contributed by atoms with Crippen molar-refractivity contribution in [2.24, 2.45) is 5.92 Å². The molecule has 38 heavy (non-hydrogen) atoms. The number of rotatable bonds is 12. The van der Waals surface area contributed by atoms with Crippen molar-refractivity contribution in [1.82, 2.24) is 15.3 Å². The lowest BCUT2D eigenvalue weighted by atomic mass is 9.89. The van der Waals surface area contributed by atoms with Gasteiger partial charge in [0.1, 0.15) is 17.1 Å². The highest BCUT2D eigenvalue weighted by Crippen LogP contribution is 2.26. The highest BCUT2D eigenvalue weighted by Gasteiger charge is 2.29. The van der Waals surface area contributed by atoms with Gasteiger partial charge in [0.2, 0.25) is 0 Å². The van der Waals surface area contributed by atoms with Gasteiger partial charge in [0.25, 0.3) is 0 Å². The van der Waals surface area contributed by atoms with E-state index in [-0.39, 0.29) is 17.6 Å². The summed E-state index contributed by atoms with van der Waals surface area (Å²) >= 11 is 0. The quantitative estimate of drug-likeness (QED) is 0.260. The summed E-state index contributed by atoms with van der Waals surface area (Å²) in [7, 11) is 0. The number of benzene rings is 2. The third-order valence-corrected chi connectivity index (χ3v) is 6.62. The molecular weight excluding hydrogens is 478 g/mol. The van der Waals surface area contributed by atoms with Crippen LogP contribution in [0, 0.1) is 5.92 Å². The molecule has 3 rings (SSSR count). The number of alkyl carbamates (subject to hydrolysis) is 1. The van der Waals surface area contributed by atoms with Gasteiger partial charge in [-0.05, 0) is 57.6 Å². The number of nitrogens with zero attached hydrogens (tertiary/aromatic N) is 1. The van der Waals surface area contributed by atoms with Gasteiger partial charge in [0.15, 0.2) is 5.78 Å². The van der Waals surface area contributed by atoms with Crippen molar-refractivity contribution in [2.75, 3.05) is 0 Å². The fourth-order valence-electron chi connectivity index (χ4n) is 4.38. The summed E-state index contributed by atoms with van der Waals surface area (Å²) in [5.74, 6) is 0.369. The molecule has 0 radical (unpaired) electrons. The number of H-pyrrole nitrogens is 1. The van der Waals surface area contributed by atoms with E-state index in [2.05, 4.69) is 15.3 Å². The number of carbonyl (C=O) groups is 2. The van der Waals surface area contributed by atoms with E-state index in [1.807, 2.05) is 74.5 Å². The third-order valence-electron chi connectivity index (χ3n) is 6.62. The second-order valence-electron chi connectivity index (χ2n) is 11.0. The molecule has 7 nitrogen and oxygen atoms in total. The number of carbonyl (C=O) groups excluding carboxylic acids is 2. The summed E-state index contributed by atoms with van der Waals surface area (Å²) in [4.78, 5) is 33.2. The SMILES string of the molecule is CCC(C)C(=O)c1cnc([C@H](Cc2ccccc2)C[C@H](O)[C@H](Cc2ccccc2)NC(=O)OC(C)(C)C)[nH]1. The minimum Gasteiger partial charge on any atom is -0.444 e. The summed E-state index contributed by atoms with van der Waals surface area (Å²) in [6, 6.07) is 19.1. The van der Waals surface area contributed by atoms with Gasteiger partial charge in [-0.2, -0.15) is 0 Å². The minimum atomic E-state index is -0.893. The maximum atomic E-state index is 12.8. The van der Waals surface area contributed by atoms with Crippen molar-refractivity contribution >= 4 is 11.9 Å². The van der Waals surface area contributed by atoms with Crippen LogP contribution in [0.2, 0.25) is 0 Å². The molecule has 0 saturated carbocycles. The number of amides is 1. The Morgan fingerprint density at radius 1 is 1.00 bits per heavy atom. The summed E-state index contributed by atoms with van der Waals surface area (Å²) in [6.07, 6.45) is 2.26. The van der Waals surface area contributed by atoms with Crippen molar-refractivity contribution in [1.29, 1.82) is 0 Å². The fourth-order valence-corrected chi connectivity index (χ4v) is 4.38. The Morgan fingerprint density at radius 2 is 1.58 bits per heavy atom. The largest absolute Gasteiger partial charge is 0.444 e. The first-order valence-electron chi connectivity index (χ1n) is 13.4. The van der Waals surface area contributed by atoms with Crippen LogP contribution in [0.1, 0.15) is 80.8 Å². The topological polar surface area (TPSA) is 104 Å². The molecule has 0 aliphatic rings. The van der Waals surface area contributed by atoms with Crippen LogP contribution in [0.15, 0.2) is 66.9 Å². The Bertz CT molecular complexity index is 1150. The van der Waals surface area contributed by atoms with Gasteiger partial charge in [-0.1, -0.05) is 74.5 Å². The van der Waals surface area contributed by atoms with E-state index in [1.54, 1.807) is 27.0 Å². The molecule has 3 N–H and O–H groups in total. The summed E-state index contributed by atoms with van der Waals surface area (Å²) in [5, 5.41) is 14.4. The highest BCUT2D eigenvalue weighted by molar-refractivity contribution is 5.95. The first-order valence-corrected chi connectivity index (χ1v) is 13.4. The van der Waals surface area contributed by atoms with Crippen LogP contribution in [0.25, 0.3) is 0 Å². The standard InChI is InChI=1S/C31H41N3O4/c1-6-21(2)28(36)26-20-32-29(33-26)24(17-22-13-9-7-10-14-22)19-27(35)25(18-23-15-11-8-12-16-23)34-30(37)38-31(3,4)5/h7-16,20-21,24-25,27,35H,6,17-19H2,1-5H3,(H,32,33)(H,34,37)/t21?,24-,25+,27+/m1/s1. The number of aliphatic hydroxyl groups excluding tert-OH is 1. The zero-order valence-corrected chi connectivity index (χ0v) is 23.1. The highest BCUT2D eigenvalue weighted by atomic mass is 16.6. The number of ether oxygens (including phenoxy) is 1. The van der Waals surface area contributed by atoms with E-state index in [1.165, 1.54) is 0 Å². The first-order chi connectivity index (χ1) is 18.1. The summed E-state index contributed by atoms with van der Waals surface area (Å²) in [6.45, 7) is 9.31. The smallest absolute Gasteiger partial charge is 0.407 e. The molecule has 4 atom stereocenters. The molecule has 3 aromatic rings. The molecular formula is C31H41N3O4. The van der Waals surface area contributed by atoms with Crippen molar-refractivity contribution in [2.45, 2.75) is 84.0 Å². The van der Waals surface area contributed by atoms with E-state index < -0.39 is 23.8 Å². The van der Waals surface area contributed by atoms with Gasteiger partial charge in [-0.25, -0.2) is 9.78 Å². The second kappa shape index (κ2) is 13.4. The van der Waals surface area contributed by atoms with Crippen LogP contribution < -0.4 is 5.32 Å². The molecule has 0 aliphatic heterocycles. The maximum absolute atomic E-state index is 12.8. The monoisotopic (exact) mass is 519 g/mol. The van der Waals surface area contributed by atoms with Crippen molar-refractivity contribution < 1.29 is 19.4 Å². The Morgan fingerprint density at radius 3 is 2.13 bits per heavy atom. The molecule has 0 spiro atoms. The Labute approximate surface area is 226 Å². The number of hydrogen-bond donors (Lipinski definition) is 3. The van der Waals surface area contributed by atoms with Crippen molar-refractivity contribution in [3.8, 4) is 0 Å². The lowest BCUT2D eigenvalue weighted by Crippen LogP contribution is -2.47. The predicted molar refractivity (Wildman–Crippen MR) is 149 cm³/mol. The number of Topliss-reactive ketones (excluding diaryl/α,β-unsaturated/α-hetero) is 1. The van der Waals surface area contributed by atoms with Crippen LogP contribution in [0.5, 0.6) is 0 Å². The van der Waals surface area contributed by atoms with E-state index in [9.17, 15) is 14.7 Å². The van der Waals surface area contributed by atoms with Gasteiger partial charge in [-0.3, -0.25) is 4.79 Å². The molecule has 1 aromatic heterocycles. The number of aromatic amines is 1. The Kier molecular flexibility index (Phi) is 10.2. The average molecular weight is 520 g/mol. The Balaban J connectivity index is 1.86. The van der Waals surface area contributed by atoms with Crippen LogP contribution in [-0.4, -0.2) is 44.7 Å². The van der Waals surface area contributed by atoms with Gasteiger partial charge >= 0.3 is 6.09 Å². The van der Waals surface area contributed by atoms with Crippen LogP contribution >= 0.6 is 0 Å². The molecule has 1 unspecified atom stereocenters. The zero-order chi connectivity index (χ0) is 27.7. The molecule has 7 heteroatoms. The fraction of sp³-hybridized carbons (Fsp3) is 0.452. The third kappa shape index (κ3) is 8.84. The lowest BCUT2D eigenvalue weighted by Gasteiger charge is -2.29. The molecule has 1 amide bonds. The van der Waals surface area contributed by atoms with E-state index in [0.29, 0.717) is 30.8 Å². The predicted octanol–water partition coefficient (Wildman–Crippen LogP) is 5.85. The molecule has 0 saturated heterocycles. The van der Waals surface area contributed by atoms with Crippen LogP contribution in [-0.2, 0) is 17.6 Å². The van der Waals surface area contributed by atoms with Crippen LogP contribution in [0.4, 0.5) is 4.79 Å². The van der Waals surface area contributed by atoms with E-state index in [0.717, 1.165) is 17.5 Å². The summed E-state index contributed by atoms with van der Waals surface area (Å²) in [5.41, 5.74) is 1.91. The number of imidazole rings is 1. The molecule has 2 aromatic carbocycles. The van der Waals surface area contributed by atoms with Gasteiger partial charge in [0, 0.05) is 11.8 Å². The second-order valence-corrected chi connectivity index (χ2v) is 11.0. The number of ketones is 1. The zero-order valence-electron chi connectivity index (χ0n) is 23.1. The van der Waals surface area contributed by atoms with Gasteiger partial charge < -0.3 is 20.1 Å². The molecule has 1 heterocycles. The van der Waals surface area contributed by atoms with E-state index in [4.69, 9.17) is 4.74 Å². The number of nitrogens with one attached hydrogen (secondary N) is 2. The van der Waals surface area contributed by atoms with E-state index >= 15 is 0 Å². The minimum absolute atomic E-state index is 0.0267. The number of aromatic nitrogens is 2. The average Bonchev–Trinajstić information content (AvgIpc) is 3.37. The molecule has 204 valence electrons. The lowest BCUT2D eigenvalue weighted by molar-refractivity contribution is 0.0404. The maximum Gasteiger partial charge on any atom is 0.407 e. The van der Waals surface area contributed by atoms with Gasteiger partial charge in [-0.15, -0.1) is 0 Å². The van der Waals surface area contributed by atoms with Crippen molar-refractivity contribution in [3.63, 3.8) is 0 Å². The summed E-state index contributed by atoms with van der Waals surface area (Å²) < 4.78 is 5.49. The van der Waals surface area contributed by atoms with Gasteiger partial charge in [0.05, 0.1) is 18.3 Å². The first kappa shape index (κ1) is 29.1. The van der Waals surface area contributed by atoms with Crippen LogP contribution in [0.3, 0.4) is 0 Å². The normalized spacial score (nSPS) is 14.8. The Hall–Kier alpha value is -3.45. The van der Waals surface area contributed by atoms with Crippen molar-refractivity contribution in [3.05, 3.63) is 89.5 Å². The number of hydrogen-bond acceptors (Lipinski definition) is 5. The molecule has 0 fully saturated rings. The molecule has 0 aliphatic carbocycles.